The standard InChI is InChI=1S/C19H28N4O/c1-3-23(4-2)18-12-11-17(14-21-18)10-7-15-5-8-16(9-6-15)13-19(24)22-20/h5-6,8-9,12,14,17H,3-4,7,10-11,13,20H2,1-2H3,(H,22,24). The monoisotopic (exact) mass is 328 g/mol. The third kappa shape index (κ3) is 5.20. The van der Waals surface area contributed by atoms with Crippen LogP contribution >= 0.6 is 0 Å². The van der Waals surface area contributed by atoms with E-state index in [9.17, 15) is 4.79 Å². The molecule has 1 unspecified atom stereocenters. The number of nitrogens with one attached hydrogen (secondary N) is 1. The molecule has 0 spiro atoms. The van der Waals surface area contributed by atoms with E-state index >= 15 is 0 Å². The van der Waals surface area contributed by atoms with Crippen molar-refractivity contribution in [3.8, 4) is 0 Å². The lowest BCUT2D eigenvalue weighted by molar-refractivity contribution is -0.120. The molecule has 0 radical (unpaired) electrons. The predicted molar refractivity (Wildman–Crippen MR) is 98.4 cm³/mol. The van der Waals surface area contributed by atoms with Crippen molar-refractivity contribution in [3.63, 3.8) is 0 Å². The summed E-state index contributed by atoms with van der Waals surface area (Å²) in [6, 6.07) is 8.18. The van der Waals surface area contributed by atoms with Gasteiger partial charge >= 0.3 is 0 Å². The minimum atomic E-state index is -0.169. The maximum Gasteiger partial charge on any atom is 0.238 e. The normalized spacial score (nSPS) is 16.6. The molecule has 0 fully saturated rings. The summed E-state index contributed by atoms with van der Waals surface area (Å²) < 4.78 is 0. The van der Waals surface area contributed by atoms with Crippen LogP contribution in [0.4, 0.5) is 0 Å². The van der Waals surface area contributed by atoms with Gasteiger partial charge in [0.25, 0.3) is 0 Å². The Balaban J connectivity index is 1.80. The molecule has 2 rings (SSSR count). The van der Waals surface area contributed by atoms with Crippen LogP contribution in [0.1, 0.15) is 37.8 Å². The minimum absolute atomic E-state index is 0.169. The van der Waals surface area contributed by atoms with E-state index in [2.05, 4.69) is 53.6 Å². The highest BCUT2D eigenvalue weighted by atomic mass is 16.2. The zero-order chi connectivity index (χ0) is 17.4. The van der Waals surface area contributed by atoms with Crippen molar-refractivity contribution < 1.29 is 4.79 Å². The summed E-state index contributed by atoms with van der Waals surface area (Å²) in [6.45, 7) is 6.32. The number of hydrazine groups is 1. The Morgan fingerprint density at radius 2 is 1.92 bits per heavy atom. The van der Waals surface area contributed by atoms with Gasteiger partial charge in [0.2, 0.25) is 5.91 Å². The molecule has 1 heterocycles. The molecule has 0 aliphatic carbocycles. The molecule has 1 aromatic rings. The van der Waals surface area contributed by atoms with Crippen molar-refractivity contribution in [1.29, 1.82) is 0 Å². The SMILES string of the molecule is CCN(CC)C1=CCC(CCc2ccc(CC(=O)NN)cc2)C=N1. The van der Waals surface area contributed by atoms with Crippen LogP contribution in [0.2, 0.25) is 0 Å². The predicted octanol–water partition coefficient (Wildman–Crippen LogP) is 2.43. The Morgan fingerprint density at radius 1 is 1.25 bits per heavy atom. The summed E-state index contributed by atoms with van der Waals surface area (Å²) in [6.07, 6.45) is 7.86. The van der Waals surface area contributed by atoms with Gasteiger partial charge in [0.05, 0.1) is 6.42 Å². The molecule has 1 aliphatic rings. The Hall–Kier alpha value is -2.14. The maximum atomic E-state index is 11.3. The van der Waals surface area contributed by atoms with Gasteiger partial charge in [0, 0.05) is 19.3 Å². The first-order valence-corrected chi connectivity index (χ1v) is 8.72. The topological polar surface area (TPSA) is 70.7 Å². The number of benzene rings is 1. The largest absolute Gasteiger partial charge is 0.357 e. The molecule has 1 amide bonds. The van der Waals surface area contributed by atoms with E-state index in [4.69, 9.17) is 5.84 Å². The van der Waals surface area contributed by atoms with E-state index in [0.29, 0.717) is 12.3 Å². The van der Waals surface area contributed by atoms with Crippen molar-refractivity contribution >= 4 is 12.1 Å². The minimum Gasteiger partial charge on any atom is -0.357 e. The second kappa shape index (κ2) is 9.23. The van der Waals surface area contributed by atoms with Gasteiger partial charge in [-0.05, 0) is 56.2 Å². The lowest BCUT2D eigenvalue weighted by atomic mass is 9.95. The third-order valence-electron chi connectivity index (χ3n) is 4.46. The van der Waals surface area contributed by atoms with Gasteiger partial charge in [0.1, 0.15) is 5.82 Å². The van der Waals surface area contributed by atoms with E-state index in [1.165, 1.54) is 5.56 Å². The first-order valence-electron chi connectivity index (χ1n) is 8.72. The molecule has 24 heavy (non-hydrogen) atoms. The average Bonchev–Trinajstić information content (AvgIpc) is 2.63. The molecule has 130 valence electrons. The first kappa shape index (κ1) is 18.2. The number of nitrogens with zero attached hydrogens (tertiary/aromatic N) is 2. The summed E-state index contributed by atoms with van der Waals surface area (Å²) in [5, 5.41) is 0. The van der Waals surface area contributed by atoms with Crippen LogP contribution in [-0.2, 0) is 17.6 Å². The number of allylic oxidation sites excluding steroid dienone is 1. The van der Waals surface area contributed by atoms with Crippen molar-refractivity contribution in [2.45, 2.75) is 39.5 Å². The van der Waals surface area contributed by atoms with Crippen LogP contribution in [0.25, 0.3) is 0 Å². The summed E-state index contributed by atoms with van der Waals surface area (Å²) in [7, 11) is 0. The van der Waals surface area contributed by atoms with Gasteiger partial charge in [-0.25, -0.2) is 10.8 Å². The Kier molecular flexibility index (Phi) is 7.00. The van der Waals surface area contributed by atoms with Gasteiger partial charge < -0.3 is 4.90 Å². The number of amides is 1. The molecular formula is C19H28N4O. The quantitative estimate of drug-likeness (QED) is 0.437. The number of hydrogen-bond donors (Lipinski definition) is 2. The van der Waals surface area contributed by atoms with Gasteiger partial charge in [-0.2, -0.15) is 0 Å². The number of aryl methyl sites for hydroxylation is 1. The highest BCUT2D eigenvalue weighted by Crippen LogP contribution is 2.20. The molecule has 5 heteroatoms. The van der Waals surface area contributed by atoms with Crippen molar-refractivity contribution in [2.75, 3.05) is 13.1 Å². The molecule has 5 nitrogen and oxygen atoms in total. The molecule has 0 bridgehead atoms. The van der Waals surface area contributed by atoms with Crippen molar-refractivity contribution in [2.24, 2.45) is 16.8 Å². The maximum absolute atomic E-state index is 11.3. The van der Waals surface area contributed by atoms with Gasteiger partial charge in [-0.15, -0.1) is 0 Å². The zero-order valence-electron chi connectivity index (χ0n) is 14.7. The molecule has 3 N–H and O–H groups in total. The van der Waals surface area contributed by atoms with Crippen molar-refractivity contribution in [1.82, 2.24) is 10.3 Å². The summed E-state index contributed by atoms with van der Waals surface area (Å²) in [4.78, 5) is 18.2. The smallest absolute Gasteiger partial charge is 0.238 e. The molecule has 1 aliphatic heterocycles. The van der Waals surface area contributed by atoms with Crippen LogP contribution in [-0.4, -0.2) is 30.1 Å². The number of hydrogen-bond acceptors (Lipinski definition) is 4. The van der Waals surface area contributed by atoms with Gasteiger partial charge in [-0.3, -0.25) is 10.2 Å². The highest BCUT2D eigenvalue weighted by Gasteiger charge is 2.13. The van der Waals surface area contributed by atoms with Crippen LogP contribution in [0.5, 0.6) is 0 Å². The lowest BCUT2D eigenvalue weighted by Crippen LogP contribution is -2.31. The van der Waals surface area contributed by atoms with Crippen LogP contribution < -0.4 is 11.3 Å². The average molecular weight is 328 g/mol. The van der Waals surface area contributed by atoms with Crippen LogP contribution in [0.3, 0.4) is 0 Å². The van der Waals surface area contributed by atoms with Gasteiger partial charge in [0.15, 0.2) is 0 Å². The van der Waals surface area contributed by atoms with E-state index in [-0.39, 0.29) is 5.91 Å². The van der Waals surface area contributed by atoms with E-state index in [0.717, 1.165) is 43.7 Å². The second-order valence-electron chi connectivity index (χ2n) is 6.11. The molecule has 1 aromatic carbocycles. The fraction of sp³-hybridized carbons (Fsp3) is 0.474. The summed E-state index contributed by atoms with van der Waals surface area (Å²) in [5.74, 6) is 6.55. The van der Waals surface area contributed by atoms with E-state index < -0.39 is 0 Å². The molecule has 0 saturated heterocycles. The van der Waals surface area contributed by atoms with E-state index in [1.54, 1.807) is 0 Å². The Bertz CT molecular complexity index is 588. The number of carbonyl (C=O) groups excluding carboxylic acids is 1. The summed E-state index contributed by atoms with van der Waals surface area (Å²) >= 11 is 0. The zero-order valence-corrected chi connectivity index (χ0v) is 14.7. The lowest BCUT2D eigenvalue weighted by Gasteiger charge is -2.24. The first-order chi connectivity index (χ1) is 11.7. The van der Waals surface area contributed by atoms with Crippen LogP contribution in [0.15, 0.2) is 41.2 Å². The van der Waals surface area contributed by atoms with Gasteiger partial charge in [-0.1, -0.05) is 24.3 Å². The van der Waals surface area contributed by atoms with E-state index in [1.807, 2.05) is 12.1 Å². The Morgan fingerprint density at radius 3 is 2.46 bits per heavy atom. The van der Waals surface area contributed by atoms with Crippen molar-refractivity contribution in [3.05, 3.63) is 47.3 Å². The number of aliphatic imine (C=N–C) groups is 1. The molecule has 0 aromatic heterocycles. The Labute approximate surface area is 144 Å². The molecular weight excluding hydrogens is 300 g/mol. The number of carbonyl (C=O) groups is 1. The number of rotatable bonds is 8. The second-order valence-corrected chi connectivity index (χ2v) is 6.11. The fourth-order valence-electron chi connectivity index (χ4n) is 2.92. The fourth-order valence-corrected chi connectivity index (χ4v) is 2.92. The highest BCUT2D eigenvalue weighted by molar-refractivity contribution is 5.77. The third-order valence-corrected chi connectivity index (χ3v) is 4.46. The summed E-state index contributed by atoms with van der Waals surface area (Å²) in [5.41, 5.74) is 4.42. The van der Waals surface area contributed by atoms with Crippen LogP contribution in [0, 0.1) is 5.92 Å². The number of nitrogens with two attached hydrogens (primary N) is 1. The molecule has 1 atom stereocenters. The molecule has 0 saturated carbocycles.